The normalized spacial score (nSPS) is 12.3. The van der Waals surface area contributed by atoms with Gasteiger partial charge in [-0.15, -0.1) is 0 Å². The second-order valence-corrected chi connectivity index (χ2v) is 6.75. The number of carbonyl (C=O) groups excluding carboxylic acids is 2. The highest BCUT2D eigenvalue weighted by Crippen LogP contribution is 2.22. The molecule has 1 aromatic carbocycles. The number of ketones is 1. The number of esters is 1. The predicted octanol–water partition coefficient (Wildman–Crippen LogP) is 4.94. The number of Topliss-reactive ketones (excluding diaryl/α,β-unsaturated/α-hetero) is 1. The number of carbonyl (C=O) groups is 2. The summed E-state index contributed by atoms with van der Waals surface area (Å²) >= 11 is 0. The van der Waals surface area contributed by atoms with E-state index >= 15 is 0 Å². The van der Waals surface area contributed by atoms with E-state index in [0.29, 0.717) is 12.0 Å². The molecule has 1 unspecified atom stereocenters. The van der Waals surface area contributed by atoms with Gasteiger partial charge in [0.15, 0.2) is 6.10 Å². The average Bonchev–Trinajstić information content (AvgIpc) is 2.43. The molecule has 0 fully saturated rings. The van der Waals surface area contributed by atoms with Crippen molar-refractivity contribution in [3.05, 3.63) is 34.4 Å². The largest absolute Gasteiger partial charge is 0.454 e. The molecular formula is C20H30O3. The van der Waals surface area contributed by atoms with E-state index in [1.807, 2.05) is 46.8 Å². The van der Waals surface area contributed by atoms with Crippen LogP contribution < -0.4 is 0 Å². The quantitative estimate of drug-likeness (QED) is 0.387. The van der Waals surface area contributed by atoms with Gasteiger partial charge < -0.3 is 4.74 Å². The molecule has 0 aromatic heterocycles. The van der Waals surface area contributed by atoms with Crippen LogP contribution in [0.4, 0.5) is 0 Å². The Morgan fingerprint density at radius 2 is 1.61 bits per heavy atom. The summed E-state index contributed by atoms with van der Waals surface area (Å²) in [4.78, 5) is 24.9. The number of unbranched alkanes of at least 4 members (excludes halogenated alkanes) is 2. The second kappa shape index (κ2) is 8.85. The Hall–Kier alpha value is -1.64. The topological polar surface area (TPSA) is 43.4 Å². The molecule has 0 aliphatic heterocycles. The highest BCUT2D eigenvalue weighted by molar-refractivity contribution is 6.03. The number of rotatable bonds is 8. The molecule has 23 heavy (non-hydrogen) atoms. The summed E-state index contributed by atoms with van der Waals surface area (Å²) in [6.07, 6.45) is 2.56. The predicted molar refractivity (Wildman–Crippen MR) is 93.8 cm³/mol. The Morgan fingerprint density at radius 1 is 1.04 bits per heavy atom. The van der Waals surface area contributed by atoms with Crippen molar-refractivity contribution in [2.75, 3.05) is 0 Å². The molecule has 128 valence electrons. The first-order valence-electron chi connectivity index (χ1n) is 8.59. The minimum absolute atomic E-state index is 0.0438. The fourth-order valence-electron chi connectivity index (χ4n) is 2.92. The Balaban J connectivity index is 2.94. The maximum absolute atomic E-state index is 12.9. The van der Waals surface area contributed by atoms with Gasteiger partial charge in [-0.2, -0.15) is 0 Å². The minimum Gasteiger partial charge on any atom is -0.454 e. The second-order valence-electron chi connectivity index (χ2n) is 6.75. The number of benzene rings is 1. The van der Waals surface area contributed by atoms with Crippen molar-refractivity contribution in [3.8, 4) is 0 Å². The van der Waals surface area contributed by atoms with Gasteiger partial charge in [0, 0.05) is 12.0 Å². The van der Waals surface area contributed by atoms with E-state index in [1.165, 1.54) is 0 Å². The molecule has 0 bridgehead atoms. The summed E-state index contributed by atoms with van der Waals surface area (Å²) in [6.45, 7) is 11.8. The Labute approximate surface area is 140 Å². The molecule has 0 saturated carbocycles. The lowest BCUT2D eigenvalue weighted by Crippen LogP contribution is -2.33. The highest BCUT2D eigenvalue weighted by Gasteiger charge is 2.29. The van der Waals surface area contributed by atoms with Crippen LogP contribution in [0, 0.1) is 26.7 Å². The van der Waals surface area contributed by atoms with Crippen LogP contribution in [0.1, 0.15) is 73.5 Å². The van der Waals surface area contributed by atoms with Crippen LogP contribution in [0.2, 0.25) is 0 Å². The monoisotopic (exact) mass is 318 g/mol. The molecule has 0 aliphatic carbocycles. The maximum atomic E-state index is 12.9. The molecule has 0 saturated heterocycles. The van der Waals surface area contributed by atoms with Gasteiger partial charge in [-0.25, -0.2) is 0 Å². The van der Waals surface area contributed by atoms with E-state index in [9.17, 15) is 9.59 Å². The van der Waals surface area contributed by atoms with Crippen molar-refractivity contribution in [3.63, 3.8) is 0 Å². The summed E-state index contributed by atoms with van der Waals surface area (Å²) < 4.78 is 5.53. The third-order valence-corrected chi connectivity index (χ3v) is 4.03. The molecular weight excluding hydrogens is 288 g/mol. The number of ether oxygens (including phenoxy) is 1. The fourth-order valence-corrected chi connectivity index (χ4v) is 2.92. The summed E-state index contributed by atoms with van der Waals surface area (Å²) in [5, 5.41) is 0. The Bertz CT molecular complexity index is 535. The molecule has 0 heterocycles. The SMILES string of the molecule is CCCCCC(=O)OC(C(=O)c1c(C)cc(C)cc1C)C(C)C. The van der Waals surface area contributed by atoms with Gasteiger partial charge in [-0.05, 0) is 44.2 Å². The molecule has 0 spiro atoms. The van der Waals surface area contributed by atoms with Gasteiger partial charge in [-0.1, -0.05) is 51.3 Å². The van der Waals surface area contributed by atoms with Crippen LogP contribution >= 0.6 is 0 Å². The molecule has 0 N–H and O–H groups in total. The zero-order valence-corrected chi connectivity index (χ0v) is 15.4. The molecule has 1 aromatic rings. The van der Waals surface area contributed by atoms with Gasteiger partial charge in [0.25, 0.3) is 0 Å². The average molecular weight is 318 g/mol. The van der Waals surface area contributed by atoms with Crippen molar-refractivity contribution < 1.29 is 14.3 Å². The fraction of sp³-hybridized carbons (Fsp3) is 0.600. The molecule has 3 heteroatoms. The first kappa shape index (κ1) is 19.4. The summed E-state index contributed by atoms with van der Waals surface area (Å²) in [7, 11) is 0. The molecule has 1 rings (SSSR count). The molecule has 0 radical (unpaired) electrons. The minimum atomic E-state index is -0.704. The smallest absolute Gasteiger partial charge is 0.306 e. The Kier molecular flexibility index (Phi) is 7.47. The van der Waals surface area contributed by atoms with Crippen LogP contribution in [0.25, 0.3) is 0 Å². The highest BCUT2D eigenvalue weighted by atomic mass is 16.5. The van der Waals surface area contributed by atoms with E-state index in [-0.39, 0.29) is 17.7 Å². The van der Waals surface area contributed by atoms with Gasteiger partial charge >= 0.3 is 5.97 Å². The lowest BCUT2D eigenvalue weighted by Gasteiger charge is -2.22. The van der Waals surface area contributed by atoms with Gasteiger partial charge in [-0.3, -0.25) is 9.59 Å². The standard InChI is InChI=1S/C20H30O3/c1-7-8-9-10-17(21)23-20(13(2)3)19(22)18-15(5)11-14(4)12-16(18)6/h11-13,20H,7-10H2,1-6H3. The van der Waals surface area contributed by atoms with Crippen LogP contribution in [0.5, 0.6) is 0 Å². The van der Waals surface area contributed by atoms with Crippen molar-refractivity contribution in [1.82, 2.24) is 0 Å². The van der Waals surface area contributed by atoms with Gasteiger partial charge in [0.05, 0.1) is 0 Å². The maximum Gasteiger partial charge on any atom is 0.306 e. The van der Waals surface area contributed by atoms with E-state index in [4.69, 9.17) is 4.74 Å². The van der Waals surface area contributed by atoms with E-state index in [1.54, 1.807) is 0 Å². The van der Waals surface area contributed by atoms with Crippen molar-refractivity contribution in [2.24, 2.45) is 5.92 Å². The molecule has 1 atom stereocenters. The summed E-state index contributed by atoms with van der Waals surface area (Å²) in [5.41, 5.74) is 3.71. The lowest BCUT2D eigenvalue weighted by atomic mass is 9.90. The molecule has 0 aliphatic rings. The zero-order valence-electron chi connectivity index (χ0n) is 15.4. The zero-order chi connectivity index (χ0) is 17.6. The van der Waals surface area contributed by atoms with Crippen LogP contribution in [0.3, 0.4) is 0 Å². The van der Waals surface area contributed by atoms with Crippen LogP contribution in [-0.2, 0) is 9.53 Å². The van der Waals surface area contributed by atoms with E-state index in [0.717, 1.165) is 36.0 Å². The van der Waals surface area contributed by atoms with E-state index < -0.39 is 6.10 Å². The summed E-state index contributed by atoms with van der Waals surface area (Å²) in [5.74, 6) is -0.399. The van der Waals surface area contributed by atoms with E-state index in [2.05, 4.69) is 6.92 Å². The number of aryl methyl sites for hydroxylation is 3. The lowest BCUT2D eigenvalue weighted by molar-refractivity contribution is -0.148. The number of hydrogen-bond acceptors (Lipinski definition) is 3. The van der Waals surface area contributed by atoms with Crippen molar-refractivity contribution in [1.29, 1.82) is 0 Å². The van der Waals surface area contributed by atoms with Crippen LogP contribution in [0.15, 0.2) is 12.1 Å². The van der Waals surface area contributed by atoms with Crippen molar-refractivity contribution in [2.45, 2.75) is 73.3 Å². The van der Waals surface area contributed by atoms with Crippen LogP contribution in [-0.4, -0.2) is 17.9 Å². The molecule has 3 nitrogen and oxygen atoms in total. The first-order valence-corrected chi connectivity index (χ1v) is 8.59. The Morgan fingerprint density at radius 3 is 2.09 bits per heavy atom. The van der Waals surface area contributed by atoms with Crippen molar-refractivity contribution >= 4 is 11.8 Å². The van der Waals surface area contributed by atoms with Gasteiger partial charge in [0.1, 0.15) is 0 Å². The molecule has 0 amide bonds. The summed E-state index contributed by atoms with van der Waals surface area (Å²) in [6, 6.07) is 4.00. The third kappa shape index (κ3) is 5.49. The number of hydrogen-bond donors (Lipinski definition) is 0. The van der Waals surface area contributed by atoms with Gasteiger partial charge in [0.2, 0.25) is 5.78 Å². The first-order chi connectivity index (χ1) is 10.8. The third-order valence-electron chi connectivity index (χ3n) is 4.03.